The number of benzene rings is 2. The third kappa shape index (κ3) is 4.21. The Labute approximate surface area is 118 Å². The highest BCUT2D eigenvalue weighted by Crippen LogP contribution is 2.21. The van der Waals surface area contributed by atoms with Gasteiger partial charge in [0.1, 0.15) is 5.75 Å². The first-order valence-electron chi connectivity index (χ1n) is 5.67. The molecule has 100 valence electrons. The fraction of sp³-hybridized carbons (Fsp3) is 0.143. The fourth-order valence-corrected chi connectivity index (χ4v) is 2.05. The maximum atomic E-state index is 12.1. The van der Waals surface area contributed by atoms with E-state index in [4.69, 9.17) is 0 Å². The highest BCUT2D eigenvalue weighted by molar-refractivity contribution is 9.10. The normalized spacial score (nSPS) is 10.5. The molecule has 0 bridgehead atoms. The molecule has 1 N–H and O–H groups in total. The van der Waals surface area contributed by atoms with Crippen molar-refractivity contribution in [1.82, 2.24) is 0 Å². The Kier molecular flexibility index (Phi) is 4.74. The van der Waals surface area contributed by atoms with E-state index in [1.54, 1.807) is 18.2 Å². The third-order valence-corrected chi connectivity index (χ3v) is 3.27. The smallest absolute Gasteiger partial charge is 0.387 e. The predicted octanol–water partition coefficient (Wildman–Crippen LogP) is 4.66. The number of ether oxygens (including phenoxy) is 1. The van der Waals surface area contributed by atoms with Gasteiger partial charge < -0.3 is 10.1 Å². The van der Waals surface area contributed by atoms with E-state index in [2.05, 4.69) is 26.0 Å². The summed E-state index contributed by atoms with van der Waals surface area (Å²) in [6.45, 7) is -2.21. The molecule has 2 aromatic carbocycles. The van der Waals surface area contributed by atoms with Crippen molar-refractivity contribution >= 4 is 21.6 Å². The van der Waals surface area contributed by atoms with Gasteiger partial charge in [0, 0.05) is 22.8 Å². The minimum Gasteiger partial charge on any atom is -0.435 e. The molecule has 0 amide bonds. The van der Waals surface area contributed by atoms with Crippen molar-refractivity contribution < 1.29 is 13.5 Å². The van der Waals surface area contributed by atoms with Crippen LogP contribution < -0.4 is 10.1 Å². The molecule has 0 unspecified atom stereocenters. The molecule has 2 rings (SSSR count). The Hall–Kier alpha value is -1.62. The summed E-state index contributed by atoms with van der Waals surface area (Å²) in [4.78, 5) is 0. The van der Waals surface area contributed by atoms with Crippen LogP contribution in [0, 0.1) is 0 Å². The molecule has 0 saturated heterocycles. The minimum atomic E-state index is -2.81. The summed E-state index contributed by atoms with van der Waals surface area (Å²) in [6.07, 6.45) is 0. The van der Waals surface area contributed by atoms with Gasteiger partial charge in [0.2, 0.25) is 0 Å². The Morgan fingerprint density at radius 1 is 1.11 bits per heavy atom. The lowest BCUT2D eigenvalue weighted by Gasteiger charge is -2.10. The van der Waals surface area contributed by atoms with Crippen molar-refractivity contribution in [1.29, 1.82) is 0 Å². The van der Waals surface area contributed by atoms with E-state index in [9.17, 15) is 8.78 Å². The van der Waals surface area contributed by atoms with Gasteiger partial charge >= 0.3 is 6.61 Å². The maximum Gasteiger partial charge on any atom is 0.387 e. The number of nitrogens with one attached hydrogen (secondary N) is 1. The standard InChI is InChI=1S/C14H12BrF2NO/c15-13-7-2-1-4-10(13)9-18-11-5-3-6-12(8-11)19-14(16)17/h1-8,14,18H,9H2. The Morgan fingerprint density at radius 3 is 2.63 bits per heavy atom. The van der Waals surface area contributed by atoms with Gasteiger partial charge in [-0.1, -0.05) is 40.2 Å². The van der Waals surface area contributed by atoms with Crippen LogP contribution in [0.4, 0.5) is 14.5 Å². The van der Waals surface area contributed by atoms with Crippen LogP contribution in [0.25, 0.3) is 0 Å². The van der Waals surface area contributed by atoms with E-state index in [0.29, 0.717) is 6.54 Å². The Balaban J connectivity index is 2.02. The number of alkyl halides is 2. The number of halogens is 3. The van der Waals surface area contributed by atoms with Gasteiger partial charge in [-0.2, -0.15) is 8.78 Å². The number of anilines is 1. The molecule has 19 heavy (non-hydrogen) atoms. The highest BCUT2D eigenvalue weighted by Gasteiger charge is 2.04. The van der Waals surface area contributed by atoms with E-state index in [-0.39, 0.29) is 5.75 Å². The molecule has 0 heterocycles. The molecule has 2 aromatic rings. The number of hydrogen-bond donors (Lipinski definition) is 1. The van der Waals surface area contributed by atoms with Crippen molar-refractivity contribution in [2.24, 2.45) is 0 Å². The SMILES string of the molecule is FC(F)Oc1cccc(NCc2ccccc2Br)c1. The summed E-state index contributed by atoms with van der Waals surface area (Å²) in [5.41, 5.74) is 1.82. The van der Waals surface area contributed by atoms with Gasteiger partial charge in [-0.25, -0.2) is 0 Å². The maximum absolute atomic E-state index is 12.1. The summed E-state index contributed by atoms with van der Waals surface area (Å²) in [6, 6.07) is 14.3. The molecule has 0 saturated carbocycles. The second-order valence-corrected chi connectivity index (χ2v) is 4.71. The van der Waals surface area contributed by atoms with Gasteiger partial charge in [0.05, 0.1) is 0 Å². The summed E-state index contributed by atoms with van der Waals surface area (Å²) >= 11 is 3.45. The monoisotopic (exact) mass is 327 g/mol. The van der Waals surface area contributed by atoms with Crippen LogP contribution in [0.2, 0.25) is 0 Å². The van der Waals surface area contributed by atoms with Crippen molar-refractivity contribution in [2.45, 2.75) is 13.2 Å². The Bertz CT molecular complexity index is 548. The van der Waals surface area contributed by atoms with Crippen LogP contribution in [0.3, 0.4) is 0 Å². The highest BCUT2D eigenvalue weighted by atomic mass is 79.9. The Morgan fingerprint density at radius 2 is 1.89 bits per heavy atom. The van der Waals surface area contributed by atoms with E-state index in [0.717, 1.165) is 15.7 Å². The van der Waals surface area contributed by atoms with E-state index in [1.165, 1.54) is 6.07 Å². The van der Waals surface area contributed by atoms with Gasteiger partial charge in [0.25, 0.3) is 0 Å². The van der Waals surface area contributed by atoms with Crippen LogP contribution in [0.1, 0.15) is 5.56 Å². The first-order valence-corrected chi connectivity index (χ1v) is 6.46. The molecule has 0 aromatic heterocycles. The molecule has 0 fully saturated rings. The number of rotatable bonds is 5. The topological polar surface area (TPSA) is 21.3 Å². The zero-order chi connectivity index (χ0) is 13.7. The molecular weight excluding hydrogens is 316 g/mol. The first-order chi connectivity index (χ1) is 9.15. The lowest BCUT2D eigenvalue weighted by atomic mass is 10.2. The van der Waals surface area contributed by atoms with Crippen molar-refractivity contribution in [3.8, 4) is 5.75 Å². The van der Waals surface area contributed by atoms with Gasteiger partial charge in [-0.15, -0.1) is 0 Å². The summed E-state index contributed by atoms with van der Waals surface area (Å²) in [5.74, 6) is 0.145. The van der Waals surface area contributed by atoms with Gasteiger partial charge in [-0.3, -0.25) is 0 Å². The largest absolute Gasteiger partial charge is 0.435 e. The average Bonchev–Trinajstić information content (AvgIpc) is 2.37. The second-order valence-electron chi connectivity index (χ2n) is 3.85. The molecular formula is C14H12BrF2NO. The van der Waals surface area contributed by atoms with Crippen LogP contribution in [-0.4, -0.2) is 6.61 Å². The van der Waals surface area contributed by atoms with Crippen LogP contribution in [0.15, 0.2) is 53.0 Å². The van der Waals surface area contributed by atoms with Gasteiger partial charge in [0.15, 0.2) is 0 Å². The quantitative estimate of drug-likeness (QED) is 0.862. The first kappa shape index (κ1) is 13.8. The summed E-state index contributed by atoms with van der Waals surface area (Å²) < 4.78 is 29.6. The number of hydrogen-bond acceptors (Lipinski definition) is 2. The third-order valence-electron chi connectivity index (χ3n) is 2.50. The van der Waals surface area contributed by atoms with Crippen molar-refractivity contribution in [3.05, 3.63) is 58.6 Å². The zero-order valence-corrected chi connectivity index (χ0v) is 11.5. The lowest BCUT2D eigenvalue weighted by Crippen LogP contribution is -2.03. The molecule has 5 heteroatoms. The lowest BCUT2D eigenvalue weighted by molar-refractivity contribution is -0.0498. The summed E-state index contributed by atoms with van der Waals surface area (Å²) in [5, 5.41) is 3.16. The van der Waals surface area contributed by atoms with E-state index >= 15 is 0 Å². The molecule has 0 atom stereocenters. The summed E-state index contributed by atoms with van der Waals surface area (Å²) in [7, 11) is 0. The second kappa shape index (κ2) is 6.52. The average molecular weight is 328 g/mol. The van der Waals surface area contributed by atoms with Crippen LogP contribution in [0.5, 0.6) is 5.75 Å². The molecule has 0 aliphatic rings. The van der Waals surface area contributed by atoms with Gasteiger partial charge in [-0.05, 0) is 23.8 Å². The van der Waals surface area contributed by atoms with Crippen LogP contribution >= 0.6 is 15.9 Å². The van der Waals surface area contributed by atoms with Crippen molar-refractivity contribution in [2.75, 3.05) is 5.32 Å². The van der Waals surface area contributed by atoms with E-state index < -0.39 is 6.61 Å². The zero-order valence-electron chi connectivity index (χ0n) is 9.95. The van der Waals surface area contributed by atoms with E-state index in [1.807, 2.05) is 24.3 Å². The minimum absolute atomic E-state index is 0.145. The van der Waals surface area contributed by atoms with Crippen LogP contribution in [-0.2, 0) is 6.54 Å². The molecule has 0 aliphatic heterocycles. The molecule has 0 aliphatic carbocycles. The molecule has 2 nitrogen and oxygen atoms in total. The molecule has 0 spiro atoms. The predicted molar refractivity (Wildman–Crippen MR) is 74.5 cm³/mol. The van der Waals surface area contributed by atoms with Crippen molar-refractivity contribution in [3.63, 3.8) is 0 Å². The molecule has 0 radical (unpaired) electrons. The fourth-order valence-electron chi connectivity index (χ4n) is 1.62.